The Morgan fingerprint density at radius 2 is 2.08 bits per heavy atom. The number of fused-ring (bicyclic) bond motifs is 3. The van der Waals surface area contributed by atoms with E-state index in [4.69, 9.17) is 17.3 Å². The number of amidine groups is 1. The predicted octanol–water partition coefficient (Wildman–Crippen LogP) is 5.08. The molecule has 0 amide bonds. The summed E-state index contributed by atoms with van der Waals surface area (Å²) in [6, 6.07) is 14.4. The maximum atomic E-state index is 6.24. The van der Waals surface area contributed by atoms with Crippen molar-refractivity contribution in [3.63, 3.8) is 0 Å². The summed E-state index contributed by atoms with van der Waals surface area (Å²) in [7, 11) is 0. The number of nitrogens with two attached hydrogens (primary N) is 1. The van der Waals surface area contributed by atoms with E-state index in [2.05, 4.69) is 41.5 Å². The zero-order valence-corrected chi connectivity index (χ0v) is 14.6. The van der Waals surface area contributed by atoms with Crippen molar-refractivity contribution in [2.45, 2.75) is 32.2 Å². The zero-order chi connectivity index (χ0) is 16.7. The molecular weight excluding hydrogens is 318 g/mol. The van der Waals surface area contributed by atoms with Gasteiger partial charge >= 0.3 is 0 Å². The fourth-order valence-electron chi connectivity index (χ4n) is 4.16. The van der Waals surface area contributed by atoms with Crippen LogP contribution in [-0.2, 0) is 6.54 Å². The summed E-state index contributed by atoms with van der Waals surface area (Å²) >= 11 is 6.04. The number of nitrogens with one attached hydrogen (secondary N) is 1. The Kier molecular flexibility index (Phi) is 3.97. The molecule has 124 valence electrons. The van der Waals surface area contributed by atoms with Crippen LogP contribution in [0.15, 0.2) is 47.5 Å². The highest BCUT2D eigenvalue weighted by molar-refractivity contribution is 6.30. The van der Waals surface area contributed by atoms with Crippen LogP contribution in [0.25, 0.3) is 0 Å². The van der Waals surface area contributed by atoms with Crippen LogP contribution in [0.2, 0.25) is 5.02 Å². The Morgan fingerprint density at radius 1 is 1.21 bits per heavy atom. The van der Waals surface area contributed by atoms with E-state index in [0.717, 1.165) is 40.8 Å². The smallest absolute Gasteiger partial charge is 0.103 e. The SMILES string of the molecule is CC1CCC2C(N)=Nc3cc(NCc4cccc(Cl)c4)ccc3C12. The van der Waals surface area contributed by atoms with E-state index in [-0.39, 0.29) is 0 Å². The summed E-state index contributed by atoms with van der Waals surface area (Å²) in [5, 5.41) is 4.22. The standard InChI is InChI=1S/C20H22ClN3/c1-12-5-7-17-19(12)16-8-6-15(10-18(16)24-20(17)22)23-11-13-3-2-4-14(21)9-13/h2-4,6,8-10,12,17,19,23H,5,7,11H2,1H3,(H2,22,24). The molecule has 1 heterocycles. The average molecular weight is 340 g/mol. The van der Waals surface area contributed by atoms with E-state index in [1.165, 1.54) is 12.0 Å². The fourth-order valence-corrected chi connectivity index (χ4v) is 4.37. The molecule has 2 aromatic rings. The van der Waals surface area contributed by atoms with Crippen LogP contribution in [0.1, 0.15) is 36.8 Å². The van der Waals surface area contributed by atoms with Gasteiger partial charge in [0.1, 0.15) is 5.84 Å². The molecule has 0 saturated heterocycles. The molecule has 3 unspecified atom stereocenters. The van der Waals surface area contributed by atoms with Crippen LogP contribution in [0.3, 0.4) is 0 Å². The van der Waals surface area contributed by atoms with Crippen molar-refractivity contribution in [2.24, 2.45) is 22.6 Å². The molecule has 1 aliphatic carbocycles. The first kappa shape index (κ1) is 15.5. The number of hydrogen-bond acceptors (Lipinski definition) is 3. The summed E-state index contributed by atoms with van der Waals surface area (Å²) in [5.74, 6) is 2.44. The minimum absolute atomic E-state index is 0.428. The molecule has 3 nitrogen and oxygen atoms in total. The molecule has 24 heavy (non-hydrogen) atoms. The molecule has 0 radical (unpaired) electrons. The van der Waals surface area contributed by atoms with Crippen molar-refractivity contribution in [1.29, 1.82) is 0 Å². The van der Waals surface area contributed by atoms with E-state index < -0.39 is 0 Å². The number of benzene rings is 2. The molecule has 1 aliphatic heterocycles. The van der Waals surface area contributed by atoms with E-state index in [1.807, 2.05) is 18.2 Å². The highest BCUT2D eigenvalue weighted by Crippen LogP contribution is 2.50. The van der Waals surface area contributed by atoms with E-state index >= 15 is 0 Å². The number of nitrogens with zero attached hydrogens (tertiary/aromatic N) is 1. The van der Waals surface area contributed by atoms with Gasteiger partial charge in [-0.25, -0.2) is 4.99 Å². The number of rotatable bonds is 3. The maximum Gasteiger partial charge on any atom is 0.103 e. The summed E-state index contributed by atoms with van der Waals surface area (Å²) in [6.07, 6.45) is 2.40. The number of aliphatic imine (C=N–C) groups is 1. The Balaban J connectivity index is 1.57. The summed E-state index contributed by atoms with van der Waals surface area (Å²) < 4.78 is 0. The summed E-state index contributed by atoms with van der Waals surface area (Å²) in [4.78, 5) is 4.69. The van der Waals surface area contributed by atoms with Gasteiger partial charge in [-0.15, -0.1) is 0 Å². The Morgan fingerprint density at radius 3 is 2.92 bits per heavy atom. The molecule has 2 aliphatic rings. The van der Waals surface area contributed by atoms with Crippen LogP contribution >= 0.6 is 11.6 Å². The number of anilines is 1. The van der Waals surface area contributed by atoms with E-state index in [1.54, 1.807) is 0 Å². The van der Waals surface area contributed by atoms with Crippen molar-refractivity contribution in [2.75, 3.05) is 5.32 Å². The van der Waals surface area contributed by atoms with Gasteiger partial charge in [-0.1, -0.05) is 36.7 Å². The second-order valence-corrected chi connectivity index (χ2v) is 7.42. The van der Waals surface area contributed by atoms with Gasteiger partial charge in [-0.05, 0) is 60.1 Å². The normalized spacial score (nSPS) is 24.9. The monoisotopic (exact) mass is 339 g/mol. The van der Waals surface area contributed by atoms with E-state index in [9.17, 15) is 0 Å². The minimum atomic E-state index is 0.428. The quantitative estimate of drug-likeness (QED) is 0.818. The lowest BCUT2D eigenvalue weighted by atomic mass is 9.80. The minimum Gasteiger partial charge on any atom is -0.387 e. The van der Waals surface area contributed by atoms with Gasteiger partial charge in [0.25, 0.3) is 0 Å². The lowest BCUT2D eigenvalue weighted by Crippen LogP contribution is -2.29. The van der Waals surface area contributed by atoms with Crippen LogP contribution in [0, 0.1) is 11.8 Å². The Hall–Kier alpha value is -2.00. The first-order chi connectivity index (χ1) is 11.6. The zero-order valence-electron chi connectivity index (χ0n) is 13.8. The van der Waals surface area contributed by atoms with Gasteiger partial charge in [0.15, 0.2) is 0 Å². The Bertz CT molecular complexity index is 799. The van der Waals surface area contributed by atoms with Gasteiger partial charge in [0, 0.05) is 23.2 Å². The molecule has 0 bridgehead atoms. The lowest BCUT2D eigenvalue weighted by molar-refractivity contribution is 0.497. The van der Waals surface area contributed by atoms with Crippen molar-refractivity contribution >= 4 is 28.8 Å². The van der Waals surface area contributed by atoms with Gasteiger partial charge in [0.05, 0.1) is 5.69 Å². The van der Waals surface area contributed by atoms with Crippen LogP contribution in [0.4, 0.5) is 11.4 Å². The fraction of sp³-hybridized carbons (Fsp3) is 0.350. The van der Waals surface area contributed by atoms with Crippen LogP contribution < -0.4 is 11.1 Å². The first-order valence-electron chi connectivity index (χ1n) is 8.58. The highest BCUT2D eigenvalue weighted by Gasteiger charge is 2.40. The average Bonchev–Trinajstić information content (AvgIpc) is 2.96. The second kappa shape index (κ2) is 6.14. The lowest BCUT2D eigenvalue weighted by Gasteiger charge is -2.29. The summed E-state index contributed by atoms with van der Waals surface area (Å²) in [6.45, 7) is 3.07. The molecular formula is C20H22ClN3. The van der Waals surface area contributed by atoms with Crippen LogP contribution in [0.5, 0.6) is 0 Å². The van der Waals surface area contributed by atoms with Gasteiger partial charge in [-0.2, -0.15) is 0 Å². The van der Waals surface area contributed by atoms with Crippen LogP contribution in [-0.4, -0.2) is 5.84 Å². The molecule has 4 heteroatoms. The molecule has 1 saturated carbocycles. The molecule has 0 spiro atoms. The van der Waals surface area contributed by atoms with Gasteiger partial charge in [0.2, 0.25) is 0 Å². The number of halogens is 1. The molecule has 3 atom stereocenters. The third-order valence-electron chi connectivity index (χ3n) is 5.38. The molecule has 1 fully saturated rings. The maximum absolute atomic E-state index is 6.24. The molecule has 3 N–H and O–H groups in total. The largest absolute Gasteiger partial charge is 0.387 e. The molecule has 2 aromatic carbocycles. The van der Waals surface area contributed by atoms with E-state index in [0.29, 0.717) is 17.8 Å². The second-order valence-electron chi connectivity index (χ2n) is 6.98. The molecule has 0 aromatic heterocycles. The van der Waals surface area contributed by atoms with Gasteiger partial charge < -0.3 is 11.1 Å². The van der Waals surface area contributed by atoms with Crippen molar-refractivity contribution in [1.82, 2.24) is 0 Å². The number of hydrogen-bond donors (Lipinski definition) is 2. The predicted molar refractivity (Wildman–Crippen MR) is 101 cm³/mol. The van der Waals surface area contributed by atoms with Crippen molar-refractivity contribution in [3.05, 3.63) is 58.6 Å². The third kappa shape index (κ3) is 2.78. The first-order valence-corrected chi connectivity index (χ1v) is 8.96. The highest BCUT2D eigenvalue weighted by atomic mass is 35.5. The Labute approximate surface area is 147 Å². The van der Waals surface area contributed by atoms with Crippen molar-refractivity contribution in [3.8, 4) is 0 Å². The summed E-state index contributed by atoms with van der Waals surface area (Å²) in [5.41, 5.74) is 10.8. The van der Waals surface area contributed by atoms with Gasteiger partial charge in [-0.3, -0.25) is 0 Å². The van der Waals surface area contributed by atoms with Crippen molar-refractivity contribution < 1.29 is 0 Å². The third-order valence-corrected chi connectivity index (χ3v) is 5.62. The topological polar surface area (TPSA) is 50.4 Å². The molecule has 4 rings (SSSR count).